The fourth-order valence-corrected chi connectivity index (χ4v) is 1.83. The number of hydrogen-bond donors (Lipinski definition) is 0. The maximum atomic E-state index is 3.71. The minimum Gasteiger partial charge on any atom is -1.00 e. The normalized spacial score (nSPS) is 8.08. The van der Waals surface area contributed by atoms with Crippen molar-refractivity contribution >= 4 is 19.6 Å². The van der Waals surface area contributed by atoms with E-state index >= 15 is 0 Å². The van der Waals surface area contributed by atoms with Gasteiger partial charge in [0.1, 0.15) is 0 Å². The number of aryl methyl sites for hydroxylation is 1. The van der Waals surface area contributed by atoms with Crippen LogP contribution in [0.5, 0.6) is 0 Å². The summed E-state index contributed by atoms with van der Waals surface area (Å²) in [6, 6.07) is 8.78. The van der Waals surface area contributed by atoms with Crippen LogP contribution in [0.25, 0.3) is 0 Å². The Bertz CT molecular complexity index is 228. The van der Waals surface area contributed by atoms with E-state index in [1.54, 1.807) is 0 Å². The van der Waals surface area contributed by atoms with Gasteiger partial charge in [0.05, 0.1) is 0 Å². The van der Waals surface area contributed by atoms with Gasteiger partial charge in [-0.05, 0) is 0 Å². The molecule has 0 unspecified atom stereocenters. The number of rotatable bonds is 3. The summed E-state index contributed by atoms with van der Waals surface area (Å²) < 4.78 is 1.48. The van der Waals surface area contributed by atoms with Crippen molar-refractivity contribution in [2.24, 2.45) is 0 Å². The first-order valence-electron chi connectivity index (χ1n) is 3.83. The van der Waals surface area contributed by atoms with Gasteiger partial charge in [-0.2, -0.15) is 0 Å². The molecule has 0 N–H and O–H groups in total. The molecule has 62 valence electrons. The predicted octanol–water partition coefficient (Wildman–Crippen LogP) is -1.07. The van der Waals surface area contributed by atoms with Gasteiger partial charge in [0.2, 0.25) is 0 Å². The zero-order chi connectivity index (χ0) is 8.10. The van der Waals surface area contributed by atoms with Crippen molar-refractivity contribution in [3.63, 3.8) is 0 Å². The first-order valence-corrected chi connectivity index (χ1v) is 5.23. The van der Waals surface area contributed by atoms with Gasteiger partial charge < -0.3 is 12.4 Å². The first-order chi connectivity index (χ1) is 5.33. The van der Waals surface area contributed by atoms with E-state index in [1.807, 2.05) is 6.08 Å². The molecule has 0 aliphatic rings. The van der Waals surface area contributed by atoms with Crippen LogP contribution >= 0.6 is 0 Å². The van der Waals surface area contributed by atoms with E-state index < -0.39 is 0 Å². The average molecular weight is 195 g/mol. The molecular formula is C10H12AlCl. The Morgan fingerprint density at radius 3 is 2.42 bits per heavy atom. The summed E-state index contributed by atoms with van der Waals surface area (Å²) in [4.78, 5) is 0. The molecule has 1 rings (SSSR count). The van der Waals surface area contributed by atoms with Crippen LogP contribution in [0.2, 0.25) is 5.28 Å². The zero-order valence-electron chi connectivity index (χ0n) is 7.26. The number of allylic oxidation sites excluding steroid dienone is 1. The molecule has 0 saturated heterocycles. The molecule has 0 fully saturated rings. The molecule has 0 aliphatic heterocycles. The predicted molar refractivity (Wildman–Crippen MR) is 51.6 cm³/mol. The Morgan fingerprint density at radius 1 is 1.33 bits per heavy atom. The number of benzene rings is 1. The van der Waals surface area contributed by atoms with Gasteiger partial charge in [-0.15, -0.1) is 0 Å². The summed E-state index contributed by atoms with van der Waals surface area (Å²) in [6.45, 7) is 5.83. The van der Waals surface area contributed by atoms with Gasteiger partial charge >= 0.3 is 74.3 Å². The van der Waals surface area contributed by atoms with Gasteiger partial charge in [0, 0.05) is 0 Å². The van der Waals surface area contributed by atoms with E-state index in [0.29, 0.717) is 15.2 Å². The fraction of sp³-hybridized carbons (Fsp3) is 0.200. The van der Waals surface area contributed by atoms with Crippen LogP contribution in [0.3, 0.4) is 0 Å². The summed E-state index contributed by atoms with van der Waals surface area (Å²) in [6.07, 6.45) is 2.00. The Labute approximate surface area is 86.8 Å². The molecule has 0 amide bonds. The van der Waals surface area contributed by atoms with Gasteiger partial charge in [0.15, 0.2) is 0 Å². The van der Waals surface area contributed by atoms with E-state index in [0.717, 1.165) is 5.28 Å². The molecule has 1 aromatic rings. The van der Waals surface area contributed by atoms with Crippen LogP contribution in [0.4, 0.5) is 0 Å². The Hall–Kier alpha value is -0.218. The van der Waals surface area contributed by atoms with Crippen molar-refractivity contribution in [3.05, 3.63) is 42.5 Å². The van der Waals surface area contributed by atoms with Crippen molar-refractivity contribution in [1.29, 1.82) is 0 Å². The SMILES string of the molecule is C=C[CH2][Al+][c]1ccc(C)cc1.[Cl-]. The fourth-order valence-electron chi connectivity index (χ4n) is 0.922. The molecule has 0 spiro atoms. The van der Waals surface area contributed by atoms with Gasteiger partial charge in [-0.3, -0.25) is 0 Å². The van der Waals surface area contributed by atoms with Crippen molar-refractivity contribution in [3.8, 4) is 0 Å². The van der Waals surface area contributed by atoms with E-state index in [-0.39, 0.29) is 12.4 Å². The van der Waals surface area contributed by atoms with Crippen LogP contribution in [0.15, 0.2) is 36.9 Å². The monoisotopic (exact) mass is 194 g/mol. The first kappa shape index (κ1) is 11.8. The van der Waals surface area contributed by atoms with Crippen molar-refractivity contribution in [2.45, 2.75) is 12.2 Å². The van der Waals surface area contributed by atoms with E-state index in [1.165, 1.54) is 9.99 Å². The second-order valence-corrected chi connectivity index (χ2v) is 4.19. The quantitative estimate of drug-likeness (QED) is 0.425. The molecule has 12 heavy (non-hydrogen) atoms. The van der Waals surface area contributed by atoms with Gasteiger partial charge in [-0.25, -0.2) is 0 Å². The summed E-state index contributed by atoms with van der Waals surface area (Å²) in [5.74, 6) is 0. The second-order valence-electron chi connectivity index (χ2n) is 2.64. The maximum Gasteiger partial charge on any atom is -1.00 e. The largest absolute Gasteiger partial charge is 1.00 e. The van der Waals surface area contributed by atoms with E-state index in [4.69, 9.17) is 0 Å². The van der Waals surface area contributed by atoms with Crippen molar-refractivity contribution in [1.82, 2.24) is 0 Å². The number of halogens is 1. The Kier molecular flexibility index (Phi) is 6.20. The van der Waals surface area contributed by atoms with E-state index in [2.05, 4.69) is 37.8 Å². The van der Waals surface area contributed by atoms with Crippen LogP contribution in [-0.4, -0.2) is 15.2 Å². The smallest absolute Gasteiger partial charge is 1.00 e. The zero-order valence-corrected chi connectivity index (χ0v) is 9.17. The maximum absolute atomic E-state index is 3.71. The number of hydrogen-bond acceptors (Lipinski definition) is 0. The summed E-state index contributed by atoms with van der Waals surface area (Å²) in [7, 11) is 0. The van der Waals surface area contributed by atoms with E-state index in [9.17, 15) is 0 Å². The summed E-state index contributed by atoms with van der Waals surface area (Å²) in [5, 5.41) is 1.16. The van der Waals surface area contributed by atoms with Crippen molar-refractivity contribution < 1.29 is 12.4 Å². The van der Waals surface area contributed by atoms with Crippen LogP contribution in [0, 0.1) is 6.92 Å². The van der Waals surface area contributed by atoms with Gasteiger partial charge in [0.25, 0.3) is 0 Å². The minimum absolute atomic E-state index is 0. The topological polar surface area (TPSA) is 0 Å². The standard InChI is InChI=1S/C7H7.C3H5.Al.ClH/c1-7-5-3-2-4-6-7;1-3-2;;/h3-6H,1H3;3H,1-2H2;;1H/q;;+1;/p-1. The molecule has 0 atom stereocenters. The molecule has 0 bridgehead atoms. The molecular weight excluding hydrogens is 183 g/mol. The molecule has 0 nitrogen and oxygen atoms in total. The molecule has 2 heteroatoms. The van der Waals surface area contributed by atoms with Crippen LogP contribution < -0.4 is 16.8 Å². The van der Waals surface area contributed by atoms with Crippen molar-refractivity contribution in [2.75, 3.05) is 0 Å². The molecule has 0 aromatic heterocycles. The molecule has 0 heterocycles. The average Bonchev–Trinajstić information content (AvgIpc) is 2.04. The summed E-state index contributed by atoms with van der Waals surface area (Å²) >= 11 is 0.419. The van der Waals surface area contributed by atoms with Crippen LogP contribution in [0.1, 0.15) is 5.56 Å². The third-order valence-corrected chi connectivity index (χ3v) is 3.02. The third-order valence-electron chi connectivity index (χ3n) is 1.60. The minimum atomic E-state index is 0. The summed E-state index contributed by atoms with van der Waals surface area (Å²) in [5.41, 5.74) is 1.34. The Morgan fingerprint density at radius 2 is 1.92 bits per heavy atom. The third kappa shape index (κ3) is 3.97. The van der Waals surface area contributed by atoms with Gasteiger partial charge in [-0.1, -0.05) is 0 Å². The molecule has 0 aliphatic carbocycles. The molecule has 0 radical (unpaired) electrons. The Balaban J connectivity index is 0.00000121. The van der Waals surface area contributed by atoms with Crippen LogP contribution in [-0.2, 0) is 0 Å². The second kappa shape index (κ2) is 6.32. The molecule has 0 saturated carbocycles. The molecule has 1 aromatic carbocycles.